The van der Waals surface area contributed by atoms with Crippen molar-refractivity contribution in [3.63, 3.8) is 0 Å². The van der Waals surface area contributed by atoms with Gasteiger partial charge in [-0.3, -0.25) is 4.79 Å². The highest BCUT2D eigenvalue weighted by Crippen LogP contribution is 2.51. The summed E-state index contributed by atoms with van der Waals surface area (Å²) in [6, 6.07) is -0.244. The Morgan fingerprint density at radius 3 is 2.35 bits per heavy atom. The molecule has 2 rings (SSSR count). The molecule has 0 saturated heterocycles. The molecule has 8 heteroatoms. The molecule has 3 amide bonds. The molecule has 8 nitrogen and oxygen atoms in total. The molecule has 2 atom stereocenters. The predicted octanol–water partition coefficient (Wildman–Crippen LogP) is 1.39. The maximum absolute atomic E-state index is 12.2. The molecule has 2 aliphatic rings. The van der Waals surface area contributed by atoms with Crippen molar-refractivity contribution in [3.8, 4) is 0 Å². The van der Waals surface area contributed by atoms with E-state index in [0.29, 0.717) is 6.61 Å². The number of carbonyl (C=O) groups excluding carboxylic acids is 2. The zero-order valence-corrected chi connectivity index (χ0v) is 15.9. The topological polar surface area (TPSA) is 117 Å². The number of hydrogen-bond donors (Lipinski definition) is 4. The van der Waals surface area contributed by atoms with Gasteiger partial charge in [0.1, 0.15) is 5.54 Å². The minimum Gasteiger partial charge on any atom is -0.479 e. The van der Waals surface area contributed by atoms with E-state index in [1.807, 2.05) is 6.92 Å². The number of ether oxygens (including phenoxy) is 1. The first-order valence-corrected chi connectivity index (χ1v) is 9.43. The van der Waals surface area contributed by atoms with Gasteiger partial charge in [-0.2, -0.15) is 0 Å². The first kappa shape index (κ1) is 20.5. The molecule has 2 fully saturated rings. The second kappa shape index (κ2) is 8.24. The van der Waals surface area contributed by atoms with Crippen LogP contribution in [0.25, 0.3) is 0 Å². The van der Waals surface area contributed by atoms with Gasteiger partial charge in [0.05, 0.1) is 12.6 Å². The molecule has 0 bridgehead atoms. The fourth-order valence-corrected chi connectivity index (χ4v) is 3.96. The van der Waals surface area contributed by atoms with Gasteiger partial charge in [0, 0.05) is 24.5 Å². The molecule has 2 unspecified atom stereocenters. The normalized spacial score (nSPS) is 27.9. The number of amides is 3. The standard InChI is InChI=1S/C18H31N3O5/c1-4-26-13-10-18(15(23)24,17(13,2)3)21-14(22)11-19-16(25)20-12-8-6-5-7-9-12/h12-13H,4-11H2,1-3H3,(H,21,22)(H,23,24)(H2,19,20,25). The number of nitrogens with one attached hydrogen (secondary N) is 3. The van der Waals surface area contributed by atoms with Crippen molar-refractivity contribution in [1.29, 1.82) is 0 Å². The summed E-state index contributed by atoms with van der Waals surface area (Å²) >= 11 is 0. The van der Waals surface area contributed by atoms with Crippen LogP contribution in [0.5, 0.6) is 0 Å². The number of hydrogen-bond acceptors (Lipinski definition) is 4. The lowest BCUT2D eigenvalue weighted by Gasteiger charge is -2.58. The van der Waals surface area contributed by atoms with E-state index in [1.54, 1.807) is 13.8 Å². The molecule has 2 aliphatic carbocycles. The molecule has 0 aromatic rings. The van der Waals surface area contributed by atoms with Gasteiger partial charge < -0.3 is 25.8 Å². The fourth-order valence-electron chi connectivity index (χ4n) is 3.96. The Balaban J connectivity index is 1.85. The van der Waals surface area contributed by atoms with E-state index in [1.165, 1.54) is 6.42 Å². The maximum Gasteiger partial charge on any atom is 0.330 e. The second-order valence-electron chi connectivity index (χ2n) is 7.79. The zero-order valence-electron chi connectivity index (χ0n) is 15.9. The highest BCUT2D eigenvalue weighted by molar-refractivity contribution is 5.91. The van der Waals surface area contributed by atoms with Gasteiger partial charge in [0.25, 0.3) is 0 Å². The SMILES string of the molecule is CCOC1CC(NC(=O)CNC(=O)NC2CCCCC2)(C(=O)O)C1(C)C. The summed E-state index contributed by atoms with van der Waals surface area (Å²) in [5.74, 6) is -1.60. The summed E-state index contributed by atoms with van der Waals surface area (Å²) < 4.78 is 5.57. The minimum atomic E-state index is -1.38. The van der Waals surface area contributed by atoms with Crippen molar-refractivity contribution in [1.82, 2.24) is 16.0 Å². The van der Waals surface area contributed by atoms with Crippen LogP contribution < -0.4 is 16.0 Å². The third kappa shape index (κ3) is 4.11. The van der Waals surface area contributed by atoms with Crippen molar-refractivity contribution in [2.45, 2.75) is 77.0 Å². The molecule has 26 heavy (non-hydrogen) atoms. The maximum atomic E-state index is 12.2. The van der Waals surface area contributed by atoms with E-state index in [-0.39, 0.29) is 25.1 Å². The van der Waals surface area contributed by atoms with Gasteiger partial charge >= 0.3 is 12.0 Å². The summed E-state index contributed by atoms with van der Waals surface area (Å²) in [6.45, 7) is 5.62. The first-order valence-electron chi connectivity index (χ1n) is 9.43. The molecule has 0 aromatic heterocycles. The smallest absolute Gasteiger partial charge is 0.330 e. The van der Waals surface area contributed by atoms with Crippen LogP contribution in [0.15, 0.2) is 0 Å². The van der Waals surface area contributed by atoms with Crippen LogP contribution >= 0.6 is 0 Å². The Morgan fingerprint density at radius 1 is 1.15 bits per heavy atom. The van der Waals surface area contributed by atoms with E-state index in [0.717, 1.165) is 25.7 Å². The number of carboxylic acid groups (broad SMARTS) is 1. The zero-order chi connectivity index (χ0) is 19.4. The largest absolute Gasteiger partial charge is 0.479 e. The molecule has 0 spiro atoms. The van der Waals surface area contributed by atoms with E-state index in [2.05, 4.69) is 16.0 Å². The molecule has 148 valence electrons. The molecule has 0 heterocycles. The quantitative estimate of drug-likeness (QED) is 0.541. The van der Waals surface area contributed by atoms with Crippen LogP contribution in [-0.2, 0) is 14.3 Å². The number of carbonyl (C=O) groups is 3. The lowest BCUT2D eigenvalue weighted by Crippen LogP contribution is -2.76. The van der Waals surface area contributed by atoms with Crippen molar-refractivity contribution < 1.29 is 24.2 Å². The number of urea groups is 1. The van der Waals surface area contributed by atoms with Gasteiger partial charge in [-0.25, -0.2) is 9.59 Å². The molecule has 4 N–H and O–H groups in total. The van der Waals surface area contributed by atoms with E-state index in [4.69, 9.17) is 4.74 Å². The Hall–Kier alpha value is -1.83. The average Bonchev–Trinajstić information content (AvgIpc) is 2.59. The lowest BCUT2D eigenvalue weighted by molar-refractivity contribution is -0.194. The third-order valence-electron chi connectivity index (χ3n) is 5.83. The summed E-state index contributed by atoms with van der Waals surface area (Å²) in [4.78, 5) is 36.0. The van der Waals surface area contributed by atoms with Crippen LogP contribution in [0.1, 0.15) is 59.3 Å². The van der Waals surface area contributed by atoms with Crippen LogP contribution in [0.3, 0.4) is 0 Å². The first-order chi connectivity index (χ1) is 12.2. The fraction of sp³-hybridized carbons (Fsp3) is 0.833. The summed E-state index contributed by atoms with van der Waals surface area (Å²) in [7, 11) is 0. The highest BCUT2D eigenvalue weighted by atomic mass is 16.5. The van der Waals surface area contributed by atoms with E-state index >= 15 is 0 Å². The molecular formula is C18H31N3O5. The Kier molecular flexibility index (Phi) is 6.49. The number of aliphatic carboxylic acids is 1. The Morgan fingerprint density at radius 2 is 1.81 bits per heavy atom. The van der Waals surface area contributed by atoms with Crippen molar-refractivity contribution in [2.75, 3.05) is 13.2 Å². The average molecular weight is 369 g/mol. The van der Waals surface area contributed by atoms with Crippen LogP contribution in [-0.4, -0.2) is 53.9 Å². The molecule has 2 saturated carbocycles. The Bertz CT molecular complexity index is 545. The molecule has 0 aromatic carbocycles. The predicted molar refractivity (Wildman–Crippen MR) is 95.7 cm³/mol. The van der Waals surface area contributed by atoms with Crippen LogP contribution in [0.2, 0.25) is 0 Å². The minimum absolute atomic E-state index is 0.148. The van der Waals surface area contributed by atoms with E-state index in [9.17, 15) is 19.5 Å². The van der Waals surface area contributed by atoms with Gasteiger partial charge in [-0.05, 0) is 19.8 Å². The summed E-state index contributed by atoms with van der Waals surface area (Å²) in [5.41, 5.74) is -2.12. The van der Waals surface area contributed by atoms with Crippen molar-refractivity contribution in [3.05, 3.63) is 0 Å². The van der Waals surface area contributed by atoms with Gasteiger partial charge in [0.2, 0.25) is 5.91 Å². The lowest BCUT2D eigenvalue weighted by atomic mass is 9.54. The van der Waals surface area contributed by atoms with Gasteiger partial charge in [-0.15, -0.1) is 0 Å². The molecular weight excluding hydrogens is 338 g/mol. The van der Waals surface area contributed by atoms with Crippen molar-refractivity contribution >= 4 is 17.9 Å². The van der Waals surface area contributed by atoms with Gasteiger partial charge in [0.15, 0.2) is 0 Å². The van der Waals surface area contributed by atoms with Crippen LogP contribution in [0.4, 0.5) is 4.79 Å². The molecule has 0 aliphatic heterocycles. The van der Waals surface area contributed by atoms with Crippen LogP contribution in [0, 0.1) is 5.41 Å². The van der Waals surface area contributed by atoms with E-state index < -0.39 is 28.9 Å². The number of carboxylic acids is 1. The molecule has 0 radical (unpaired) electrons. The monoisotopic (exact) mass is 369 g/mol. The highest BCUT2D eigenvalue weighted by Gasteiger charge is 2.66. The second-order valence-corrected chi connectivity index (χ2v) is 7.79. The van der Waals surface area contributed by atoms with Crippen molar-refractivity contribution in [2.24, 2.45) is 5.41 Å². The summed E-state index contributed by atoms with van der Waals surface area (Å²) in [6.07, 6.45) is 5.28. The Labute approximate surface area is 154 Å². The third-order valence-corrected chi connectivity index (χ3v) is 5.83. The summed E-state index contributed by atoms with van der Waals surface area (Å²) in [5, 5.41) is 17.7. The van der Waals surface area contributed by atoms with Gasteiger partial charge in [-0.1, -0.05) is 33.1 Å². The number of rotatable bonds is 7.